The van der Waals surface area contributed by atoms with Crippen LogP contribution in [0.25, 0.3) is 11.0 Å². The molecule has 0 radical (unpaired) electrons. The Labute approximate surface area is 164 Å². The fourth-order valence-corrected chi connectivity index (χ4v) is 3.34. The van der Waals surface area contributed by atoms with Crippen molar-refractivity contribution in [1.82, 2.24) is 19.5 Å². The van der Waals surface area contributed by atoms with Crippen molar-refractivity contribution < 1.29 is 22.4 Å². The molecule has 0 unspecified atom stereocenters. The molecule has 0 fully saturated rings. The van der Waals surface area contributed by atoms with Crippen molar-refractivity contribution in [1.29, 1.82) is 0 Å². The van der Waals surface area contributed by atoms with Crippen LogP contribution in [0.3, 0.4) is 0 Å². The highest BCUT2D eigenvalue weighted by molar-refractivity contribution is 7.89. The fourth-order valence-electron chi connectivity index (χ4n) is 2.24. The van der Waals surface area contributed by atoms with Gasteiger partial charge in [0.15, 0.2) is 6.61 Å². The first-order valence-electron chi connectivity index (χ1n) is 7.84. The third kappa shape index (κ3) is 4.06. The number of carbonyl (C=O) groups excluding carboxylic acids is 1. The number of amides is 1. The molecule has 28 heavy (non-hydrogen) atoms. The van der Waals surface area contributed by atoms with Crippen LogP contribution in [0.4, 0.5) is 10.1 Å². The maximum Gasteiger partial charge on any atom is 0.265 e. The van der Waals surface area contributed by atoms with Gasteiger partial charge in [-0.05, 0) is 41.6 Å². The summed E-state index contributed by atoms with van der Waals surface area (Å²) >= 11 is 5.66. The molecule has 1 N–H and O–H groups in total. The lowest BCUT2D eigenvalue weighted by Crippen LogP contribution is -2.26. The van der Waals surface area contributed by atoms with Gasteiger partial charge in [-0.25, -0.2) is 17.1 Å². The summed E-state index contributed by atoms with van der Waals surface area (Å²) in [5.74, 6) is -1.16. The number of benzene rings is 2. The van der Waals surface area contributed by atoms with Gasteiger partial charge in [0.25, 0.3) is 5.91 Å². The van der Waals surface area contributed by atoms with Crippen molar-refractivity contribution in [3.05, 3.63) is 47.2 Å². The number of anilines is 1. The third-order valence-electron chi connectivity index (χ3n) is 3.69. The highest BCUT2D eigenvalue weighted by Gasteiger charge is 2.19. The van der Waals surface area contributed by atoms with Gasteiger partial charge in [0, 0.05) is 19.8 Å². The van der Waals surface area contributed by atoms with E-state index in [-0.39, 0.29) is 15.4 Å². The Kier molecular flexibility index (Phi) is 5.49. The van der Waals surface area contributed by atoms with E-state index in [0.717, 1.165) is 15.2 Å². The Balaban J connectivity index is 1.75. The van der Waals surface area contributed by atoms with E-state index in [0.29, 0.717) is 11.2 Å². The van der Waals surface area contributed by atoms with E-state index in [1.165, 1.54) is 44.4 Å². The standard InChI is InChI=1S/C16H15ClFN5O4S/c1-22(2)28(25,26)11-4-6-14-15(8-11)23(21-20-14)27-9-16(24)19-10-3-5-13(18)12(17)7-10/h3-8H,9H2,1-2H3,(H,19,24). The second kappa shape index (κ2) is 7.70. The molecule has 12 heteroatoms. The summed E-state index contributed by atoms with van der Waals surface area (Å²) in [5.41, 5.74) is 0.965. The molecule has 9 nitrogen and oxygen atoms in total. The monoisotopic (exact) mass is 427 g/mol. The highest BCUT2D eigenvalue weighted by atomic mass is 35.5. The molecule has 1 heterocycles. The van der Waals surface area contributed by atoms with Gasteiger partial charge in [0.05, 0.1) is 9.92 Å². The number of nitrogens with one attached hydrogen (secondary N) is 1. The van der Waals surface area contributed by atoms with E-state index in [4.69, 9.17) is 16.4 Å². The lowest BCUT2D eigenvalue weighted by molar-refractivity contribution is -0.121. The quantitative estimate of drug-likeness (QED) is 0.639. The molecule has 0 saturated heterocycles. The minimum atomic E-state index is -3.66. The number of fused-ring (bicyclic) bond motifs is 1. The Morgan fingerprint density at radius 1 is 1.29 bits per heavy atom. The third-order valence-corrected chi connectivity index (χ3v) is 5.79. The predicted octanol–water partition coefficient (Wildman–Crippen LogP) is 1.54. The molecule has 148 valence electrons. The van der Waals surface area contributed by atoms with Gasteiger partial charge in [-0.15, -0.1) is 5.10 Å². The van der Waals surface area contributed by atoms with Crippen LogP contribution >= 0.6 is 11.6 Å². The van der Waals surface area contributed by atoms with Crippen molar-refractivity contribution in [2.75, 3.05) is 26.0 Å². The Morgan fingerprint density at radius 3 is 2.71 bits per heavy atom. The molecular formula is C16H15ClFN5O4S. The number of hydrogen-bond donors (Lipinski definition) is 1. The smallest absolute Gasteiger partial charge is 0.265 e. The van der Waals surface area contributed by atoms with Crippen molar-refractivity contribution in [3.63, 3.8) is 0 Å². The molecule has 2 aromatic carbocycles. The summed E-state index contributed by atoms with van der Waals surface area (Å²) in [6.07, 6.45) is 0. The van der Waals surface area contributed by atoms with E-state index >= 15 is 0 Å². The van der Waals surface area contributed by atoms with Crippen LogP contribution in [0, 0.1) is 5.82 Å². The molecular weight excluding hydrogens is 413 g/mol. The largest absolute Gasteiger partial charge is 0.385 e. The maximum absolute atomic E-state index is 13.2. The lowest BCUT2D eigenvalue weighted by Gasteiger charge is -2.11. The van der Waals surface area contributed by atoms with Gasteiger partial charge in [0.2, 0.25) is 10.0 Å². The molecule has 1 aromatic heterocycles. The number of halogens is 2. The van der Waals surface area contributed by atoms with Gasteiger partial charge in [-0.1, -0.05) is 16.4 Å². The SMILES string of the molecule is CN(C)S(=O)(=O)c1ccc2nnn(OCC(=O)Nc3ccc(F)c(Cl)c3)c2c1. The van der Waals surface area contributed by atoms with Crippen molar-refractivity contribution in [3.8, 4) is 0 Å². The van der Waals surface area contributed by atoms with Gasteiger partial charge in [-0.3, -0.25) is 4.79 Å². The summed E-state index contributed by atoms with van der Waals surface area (Å²) in [7, 11) is -0.828. The summed E-state index contributed by atoms with van der Waals surface area (Å²) in [4.78, 5) is 18.3. The van der Waals surface area contributed by atoms with Gasteiger partial charge in [0.1, 0.15) is 16.9 Å². The zero-order valence-electron chi connectivity index (χ0n) is 14.8. The van der Waals surface area contributed by atoms with E-state index < -0.39 is 28.4 Å². The Hall–Kier alpha value is -2.76. The average molecular weight is 428 g/mol. The zero-order chi connectivity index (χ0) is 20.5. The Morgan fingerprint density at radius 2 is 2.04 bits per heavy atom. The lowest BCUT2D eigenvalue weighted by atomic mass is 10.3. The minimum absolute atomic E-state index is 0.0301. The van der Waals surface area contributed by atoms with Gasteiger partial charge in [-0.2, -0.15) is 0 Å². The van der Waals surface area contributed by atoms with Crippen molar-refractivity contribution in [2.45, 2.75) is 4.90 Å². The van der Waals surface area contributed by atoms with Crippen LogP contribution in [0.5, 0.6) is 0 Å². The molecule has 0 bridgehead atoms. The maximum atomic E-state index is 13.2. The first-order chi connectivity index (χ1) is 13.2. The summed E-state index contributed by atoms with van der Waals surface area (Å²) in [6, 6.07) is 7.97. The molecule has 0 aliphatic carbocycles. The normalized spacial score (nSPS) is 11.8. The second-order valence-corrected chi connectivity index (χ2v) is 8.41. The highest BCUT2D eigenvalue weighted by Crippen LogP contribution is 2.20. The van der Waals surface area contributed by atoms with E-state index in [9.17, 15) is 17.6 Å². The predicted molar refractivity (Wildman–Crippen MR) is 99.9 cm³/mol. The van der Waals surface area contributed by atoms with E-state index in [1.807, 2.05) is 0 Å². The Bertz CT molecular complexity index is 1150. The van der Waals surface area contributed by atoms with Crippen LogP contribution in [0.15, 0.2) is 41.3 Å². The number of nitrogens with zero attached hydrogens (tertiary/aromatic N) is 4. The van der Waals surface area contributed by atoms with Gasteiger partial charge >= 0.3 is 0 Å². The van der Waals surface area contributed by atoms with Crippen LogP contribution in [-0.4, -0.2) is 54.5 Å². The first kappa shape index (κ1) is 20.0. The number of hydrogen-bond acceptors (Lipinski definition) is 6. The number of carbonyl (C=O) groups is 1. The van der Waals surface area contributed by atoms with Gasteiger partial charge < -0.3 is 10.2 Å². The number of aromatic nitrogens is 3. The number of sulfonamides is 1. The molecule has 0 aliphatic rings. The second-order valence-electron chi connectivity index (χ2n) is 5.85. The topological polar surface area (TPSA) is 106 Å². The van der Waals surface area contributed by atoms with Crippen LogP contribution in [0.1, 0.15) is 0 Å². The molecule has 1 amide bonds. The zero-order valence-corrected chi connectivity index (χ0v) is 16.3. The summed E-state index contributed by atoms with van der Waals surface area (Å²) < 4.78 is 38.8. The summed E-state index contributed by atoms with van der Waals surface area (Å²) in [5, 5.41) is 9.97. The molecule has 0 spiro atoms. The molecule has 3 aromatic rings. The molecule has 0 aliphatic heterocycles. The van der Waals surface area contributed by atoms with Crippen molar-refractivity contribution in [2.24, 2.45) is 0 Å². The molecule has 0 atom stereocenters. The van der Waals surface area contributed by atoms with Crippen LogP contribution < -0.4 is 10.2 Å². The summed E-state index contributed by atoms with van der Waals surface area (Å²) in [6.45, 7) is -0.446. The molecule has 0 saturated carbocycles. The van der Waals surface area contributed by atoms with Crippen LogP contribution in [-0.2, 0) is 14.8 Å². The average Bonchev–Trinajstić information content (AvgIpc) is 3.05. The van der Waals surface area contributed by atoms with Crippen molar-refractivity contribution >= 4 is 44.3 Å². The first-order valence-corrected chi connectivity index (χ1v) is 9.66. The fraction of sp³-hybridized carbons (Fsp3) is 0.188. The van der Waals surface area contributed by atoms with E-state index in [1.54, 1.807) is 0 Å². The van der Waals surface area contributed by atoms with E-state index in [2.05, 4.69) is 15.6 Å². The minimum Gasteiger partial charge on any atom is -0.385 e. The number of rotatable bonds is 6. The molecule has 3 rings (SSSR count). The van der Waals surface area contributed by atoms with Crippen LogP contribution in [0.2, 0.25) is 5.02 Å².